The Morgan fingerprint density at radius 1 is 1.39 bits per heavy atom. The van der Waals surface area contributed by atoms with Gasteiger partial charge in [-0.05, 0) is 32.9 Å². The first kappa shape index (κ1) is 13.5. The second-order valence-electron chi connectivity index (χ2n) is 4.93. The highest BCUT2D eigenvalue weighted by molar-refractivity contribution is 6.35. The number of hydrogen-bond donors (Lipinski definition) is 0. The van der Waals surface area contributed by atoms with Crippen LogP contribution in [-0.4, -0.2) is 16.8 Å². The van der Waals surface area contributed by atoms with Gasteiger partial charge in [0.25, 0.3) is 0 Å². The van der Waals surface area contributed by atoms with E-state index in [-0.39, 0.29) is 0 Å². The van der Waals surface area contributed by atoms with Gasteiger partial charge in [-0.25, -0.2) is 9.63 Å². The molecule has 0 saturated carbocycles. The van der Waals surface area contributed by atoms with E-state index < -0.39 is 17.9 Å². The third kappa shape index (κ3) is 3.07. The van der Waals surface area contributed by atoms with Crippen molar-refractivity contribution >= 4 is 29.3 Å². The molecule has 1 unspecified atom stereocenters. The summed E-state index contributed by atoms with van der Waals surface area (Å²) < 4.78 is 5.17. The molecule has 0 aromatic heterocycles. The summed E-state index contributed by atoms with van der Waals surface area (Å²) in [5, 5.41) is 2.13. The van der Waals surface area contributed by atoms with Gasteiger partial charge in [0.15, 0.2) is 0 Å². The lowest BCUT2D eigenvalue weighted by molar-refractivity contribution is 0.0209. The van der Waals surface area contributed by atoms with Crippen molar-refractivity contribution in [2.24, 2.45) is 0 Å². The minimum atomic E-state index is -0.558. The summed E-state index contributed by atoms with van der Waals surface area (Å²) in [6.07, 6.45) is -1.02. The minimum Gasteiger partial charge on any atom is -0.442 e. The molecule has 1 heterocycles. The Labute approximate surface area is 115 Å². The minimum absolute atomic E-state index is 0.457. The monoisotopic (exact) mass is 289 g/mol. The lowest BCUT2D eigenvalue weighted by Crippen LogP contribution is -2.27. The standard InChI is InChI=1S/C12H13Cl2NO3/c1-12(2,3)17-11(16)15-10(18-15)8-5-4-7(13)6-9(8)14/h4-6,10H,1-3H3. The molecular weight excluding hydrogens is 277 g/mol. The van der Waals surface area contributed by atoms with Crippen LogP contribution in [0.25, 0.3) is 0 Å². The van der Waals surface area contributed by atoms with E-state index in [1.807, 2.05) is 0 Å². The highest BCUT2D eigenvalue weighted by Gasteiger charge is 2.46. The fraction of sp³-hybridized carbons (Fsp3) is 0.417. The van der Waals surface area contributed by atoms with E-state index in [2.05, 4.69) is 0 Å². The Bertz CT molecular complexity index is 485. The van der Waals surface area contributed by atoms with E-state index >= 15 is 0 Å². The average Bonchev–Trinajstić information content (AvgIpc) is 2.94. The number of amides is 1. The summed E-state index contributed by atoms with van der Waals surface area (Å²) in [7, 11) is 0. The number of ether oxygens (including phenoxy) is 1. The summed E-state index contributed by atoms with van der Waals surface area (Å²) in [6, 6.07) is 5.02. The van der Waals surface area contributed by atoms with Gasteiger partial charge in [0, 0.05) is 15.6 Å². The number of rotatable bonds is 1. The van der Waals surface area contributed by atoms with Crippen molar-refractivity contribution in [2.75, 3.05) is 0 Å². The van der Waals surface area contributed by atoms with Crippen LogP contribution in [0.3, 0.4) is 0 Å². The van der Waals surface area contributed by atoms with Crippen molar-refractivity contribution in [3.63, 3.8) is 0 Å². The maximum Gasteiger partial charge on any atom is 0.437 e. The van der Waals surface area contributed by atoms with Gasteiger partial charge in [-0.2, -0.15) is 0 Å². The molecule has 4 nitrogen and oxygen atoms in total. The van der Waals surface area contributed by atoms with Crippen molar-refractivity contribution in [3.05, 3.63) is 33.8 Å². The van der Waals surface area contributed by atoms with Crippen molar-refractivity contribution in [3.8, 4) is 0 Å². The van der Waals surface area contributed by atoms with Gasteiger partial charge in [-0.15, -0.1) is 5.06 Å². The normalized spacial score (nSPS) is 18.7. The van der Waals surface area contributed by atoms with Crippen LogP contribution in [-0.2, 0) is 9.57 Å². The Morgan fingerprint density at radius 3 is 2.61 bits per heavy atom. The van der Waals surface area contributed by atoms with Crippen molar-refractivity contribution in [2.45, 2.75) is 32.6 Å². The maximum atomic E-state index is 11.7. The number of nitrogens with zero attached hydrogens (tertiary/aromatic N) is 1. The zero-order valence-corrected chi connectivity index (χ0v) is 11.7. The first-order chi connectivity index (χ1) is 8.28. The van der Waals surface area contributed by atoms with E-state index in [4.69, 9.17) is 32.8 Å². The topological polar surface area (TPSA) is 41.8 Å². The Morgan fingerprint density at radius 2 is 2.06 bits per heavy atom. The van der Waals surface area contributed by atoms with Crippen LogP contribution in [0.15, 0.2) is 18.2 Å². The van der Waals surface area contributed by atoms with E-state index in [0.29, 0.717) is 15.6 Å². The fourth-order valence-corrected chi connectivity index (χ4v) is 1.91. The average molecular weight is 290 g/mol. The molecule has 18 heavy (non-hydrogen) atoms. The summed E-state index contributed by atoms with van der Waals surface area (Å²) in [5.41, 5.74) is 0.129. The van der Waals surface area contributed by atoms with Gasteiger partial charge in [-0.1, -0.05) is 29.3 Å². The van der Waals surface area contributed by atoms with Gasteiger partial charge in [0.05, 0.1) is 0 Å². The predicted molar refractivity (Wildman–Crippen MR) is 68.4 cm³/mol. The predicted octanol–water partition coefficient (Wildman–Crippen LogP) is 4.17. The molecular formula is C12H13Cl2NO3. The Hall–Kier alpha value is -0.970. The van der Waals surface area contributed by atoms with Crippen LogP contribution in [0.1, 0.15) is 32.6 Å². The summed E-state index contributed by atoms with van der Waals surface area (Å²) in [4.78, 5) is 16.9. The summed E-state index contributed by atoms with van der Waals surface area (Å²) in [6.45, 7) is 5.37. The van der Waals surface area contributed by atoms with Crippen LogP contribution < -0.4 is 0 Å². The number of carbonyl (C=O) groups excluding carboxylic acids is 1. The highest BCUT2D eigenvalue weighted by Crippen LogP contribution is 2.41. The molecule has 98 valence electrons. The molecule has 1 aliphatic rings. The van der Waals surface area contributed by atoms with E-state index in [1.165, 1.54) is 0 Å². The van der Waals surface area contributed by atoms with Gasteiger partial charge in [0.1, 0.15) is 5.60 Å². The second-order valence-corrected chi connectivity index (χ2v) is 5.77. The molecule has 2 rings (SSSR count). The largest absolute Gasteiger partial charge is 0.442 e. The molecule has 1 atom stereocenters. The summed E-state index contributed by atoms with van der Waals surface area (Å²) in [5.74, 6) is 0. The number of halogens is 2. The van der Waals surface area contributed by atoms with Crippen LogP contribution in [0.4, 0.5) is 4.79 Å². The first-order valence-corrected chi connectivity index (χ1v) is 6.17. The molecule has 0 spiro atoms. The third-order valence-electron chi connectivity index (χ3n) is 2.18. The van der Waals surface area contributed by atoms with Gasteiger partial charge in [-0.3, -0.25) is 0 Å². The van der Waals surface area contributed by atoms with Gasteiger partial charge in [0.2, 0.25) is 6.23 Å². The molecule has 1 aliphatic heterocycles. The third-order valence-corrected chi connectivity index (χ3v) is 2.75. The number of benzene rings is 1. The van der Waals surface area contributed by atoms with Crippen molar-refractivity contribution in [1.29, 1.82) is 0 Å². The number of hydroxylamine groups is 2. The number of hydrogen-bond acceptors (Lipinski definition) is 3. The SMILES string of the molecule is CC(C)(C)OC(=O)N1OC1c1ccc(Cl)cc1Cl. The molecule has 6 heteroatoms. The van der Waals surface area contributed by atoms with Crippen LogP contribution >= 0.6 is 23.2 Å². The Kier molecular flexibility index (Phi) is 3.45. The molecule has 1 saturated heterocycles. The molecule has 1 amide bonds. The van der Waals surface area contributed by atoms with E-state index in [1.54, 1.807) is 39.0 Å². The zero-order chi connectivity index (χ0) is 13.5. The van der Waals surface area contributed by atoms with Crippen LogP contribution in [0.5, 0.6) is 0 Å². The van der Waals surface area contributed by atoms with E-state index in [0.717, 1.165) is 5.06 Å². The van der Waals surface area contributed by atoms with Crippen LogP contribution in [0, 0.1) is 0 Å². The smallest absolute Gasteiger partial charge is 0.437 e. The second kappa shape index (κ2) is 4.61. The lowest BCUT2D eigenvalue weighted by Gasteiger charge is -2.18. The van der Waals surface area contributed by atoms with E-state index in [9.17, 15) is 4.79 Å². The first-order valence-electron chi connectivity index (χ1n) is 5.42. The zero-order valence-electron chi connectivity index (χ0n) is 10.2. The molecule has 0 bridgehead atoms. The molecule has 1 aromatic rings. The molecule has 0 N–H and O–H groups in total. The molecule has 1 aromatic carbocycles. The summed E-state index contributed by atoms with van der Waals surface area (Å²) >= 11 is 11.8. The van der Waals surface area contributed by atoms with Crippen LogP contribution in [0.2, 0.25) is 10.0 Å². The highest BCUT2D eigenvalue weighted by atomic mass is 35.5. The fourth-order valence-electron chi connectivity index (χ4n) is 1.41. The molecule has 0 aliphatic carbocycles. The number of carbonyl (C=O) groups is 1. The quantitative estimate of drug-likeness (QED) is 0.729. The molecule has 0 radical (unpaired) electrons. The van der Waals surface area contributed by atoms with Gasteiger partial charge < -0.3 is 4.74 Å². The van der Waals surface area contributed by atoms with Crippen molar-refractivity contribution < 1.29 is 14.4 Å². The molecule has 1 fully saturated rings. The maximum absolute atomic E-state index is 11.7. The Balaban J connectivity index is 2.05. The lowest BCUT2D eigenvalue weighted by atomic mass is 10.2. The van der Waals surface area contributed by atoms with Crippen molar-refractivity contribution in [1.82, 2.24) is 5.06 Å². The van der Waals surface area contributed by atoms with Gasteiger partial charge >= 0.3 is 6.09 Å².